The van der Waals surface area contributed by atoms with Crippen molar-refractivity contribution in [3.63, 3.8) is 0 Å². The number of ether oxygens (including phenoxy) is 2. The molecule has 1 aromatic rings. The Morgan fingerprint density at radius 1 is 1.23 bits per heavy atom. The van der Waals surface area contributed by atoms with Crippen molar-refractivity contribution in [3.05, 3.63) is 29.8 Å². The molecule has 2 fully saturated rings. The lowest BCUT2D eigenvalue weighted by atomic mass is 9.89. The molecule has 2 unspecified atom stereocenters. The van der Waals surface area contributed by atoms with E-state index in [1.165, 1.54) is 4.31 Å². The van der Waals surface area contributed by atoms with E-state index in [0.29, 0.717) is 18.0 Å². The highest BCUT2D eigenvalue weighted by Gasteiger charge is 2.51. The van der Waals surface area contributed by atoms with Crippen molar-refractivity contribution in [2.75, 3.05) is 20.3 Å². The van der Waals surface area contributed by atoms with Gasteiger partial charge in [-0.05, 0) is 44.7 Å². The highest BCUT2D eigenvalue weighted by molar-refractivity contribution is 7.89. The maximum absolute atomic E-state index is 13.0. The average Bonchev–Trinajstić information content (AvgIpc) is 2.96. The molecule has 0 radical (unpaired) electrons. The van der Waals surface area contributed by atoms with Gasteiger partial charge in [0.25, 0.3) is 0 Å². The second-order valence-electron chi connectivity index (χ2n) is 6.14. The Morgan fingerprint density at radius 3 is 2.50 bits per heavy atom. The lowest BCUT2D eigenvalue weighted by Gasteiger charge is -2.45. The number of benzene rings is 1. The number of hydrogen-bond acceptors (Lipinski definition) is 4. The molecule has 1 spiro atoms. The summed E-state index contributed by atoms with van der Waals surface area (Å²) in [5.74, 6) is 0. The quantitative estimate of drug-likeness (QED) is 0.856. The lowest BCUT2D eigenvalue weighted by molar-refractivity contribution is -0.169. The molecule has 2 aliphatic rings. The van der Waals surface area contributed by atoms with E-state index in [2.05, 4.69) is 0 Å². The molecule has 0 amide bonds. The standard InChI is InChI=1S/C16H23NO4S/c1-13-5-7-14(8-6-13)22(18,19)17-11-3-9-16(15(17)20-2)10-4-12-21-16/h5-8,15H,3-4,9-12H2,1-2H3. The van der Waals surface area contributed by atoms with Gasteiger partial charge in [0.1, 0.15) is 5.60 Å². The van der Waals surface area contributed by atoms with Crippen LogP contribution in [0.3, 0.4) is 0 Å². The minimum absolute atomic E-state index is 0.315. The summed E-state index contributed by atoms with van der Waals surface area (Å²) in [5.41, 5.74) is 0.557. The topological polar surface area (TPSA) is 55.8 Å². The van der Waals surface area contributed by atoms with Gasteiger partial charge >= 0.3 is 0 Å². The van der Waals surface area contributed by atoms with Crippen molar-refractivity contribution >= 4 is 10.0 Å². The molecule has 1 aromatic carbocycles. The SMILES string of the molecule is COC1N(S(=O)(=O)c2ccc(C)cc2)CCCC12CCCO2. The van der Waals surface area contributed by atoms with Crippen molar-refractivity contribution in [2.45, 2.75) is 49.3 Å². The molecule has 2 heterocycles. The highest BCUT2D eigenvalue weighted by Crippen LogP contribution is 2.41. The van der Waals surface area contributed by atoms with Crippen LogP contribution in [0, 0.1) is 6.92 Å². The first-order chi connectivity index (χ1) is 10.5. The Bertz CT molecular complexity index is 620. The Morgan fingerprint density at radius 2 is 1.91 bits per heavy atom. The molecule has 6 heteroatoms. The largest absolute Gasteiger partial charge is 0.371 e. The summed E-state index contributed by atoms with van der Waals surface area (Å²) in [6.07, 6.45) is 2.91. The summed E-state index contributed by atoms with van der Waals surface area (Å²) in [6, 6.07) is 6.96. The number of rotatable bonds is 3. The molecule has 2 aliphatic heterocycles. The van der Waals surface area contributed by atoms with Crippen LogP contribution in [-0.2, 0) is 19.5 Å². The van der Waals surface area contributed by atoms with Crippen molar-refractivity contribution in [3.8, 4) is 0 Å². The molecule has 0 N–H and O–H groups in total. The number of methoxy groups -OCH3 is 1. The lowest BCUT2D eigenvalue weighted by Crippen LogP contribution is -2.59. The zero-order chi connectivity index (χ0) is 15.8. The van der Waals surface area contributed by atoms with Gasteiger partial charge in [-0.2, -0.15) is 4.31 Å². The summed E-state index contributed by atoms with van der Waals surface area (Å²) in [4.78, 5) is 0.315. The van der Waals surface area contributed by atoms with Crippen LogP contribution in [0.4, 0.5) is 0 Å². The van der Waals surface area contributed by atoms with Crippen LogP contribution >= 0.6 is 0 Å². The maximum Gasteiger partial charge on any atom is 0.245 e. The summed E-state index contributed by atoms with van der Waals surface area (Å²) < 4.78 is 39.0. The molecule has 2 atom stereocenters. The predicted molar refractivity (Wildman–Crippen MR) is 83.0 cm³/mol. The fourth-order valence-electron chi connectivity index (χ4n) is 3.57. The molecule has 0 aromatic heterocycles. The van der Waals surface area contributed by atoms with E-state index in [9.17, 15) is 8.42 Å². The third-order valence-electron chi connectivity index (χ3n) is 4.67. The Kier molecular flexibility index (Phi) is 4.29. The smallest absolute Gasteiger partial charge is 0.245 e. The molecular weight excluding hydrogens is 302 g/mol. The van der Waals surface area contributed by atoms with Crippen LogP contribution < -0.4 is 0 Å². The monoisotopic (exact) mass is 325 g/mol. The third kappa shape index (κ3) is 2.58. The van der Waals surface area contributed by atoms with Gasteiger partial charge in [-0.25, -0.2) is 8.42 Å². The minimum Gasteiger partial charge on any atom is -0.371 e. The summed E-state index contributed by atoms with van der Waals surface area (Å²) >= 11 is 0. The van der Waals surface area contributed by atoms with E-state index >= 15 is 0 Å². The van der Waals surface area contributed by atoms with Crippen LogP contribution in [0.2, 0.25) is 0 Å². The summed E-state index contributed by atoms with van der Waals surface area (Å²) in [5, 5.41) is 0. The molecule has 0 bridgehead atoms. The van der Waals surface area contributed by atoms with E-state index in [4.69, 9.17) is 9.47 Å². The van der Waals surface area contributed by atoms with Crippen molar-refractivity contribution < 1.29 is 17.9 Å². The Balaban J connectivity index is 1.96. The first-order valence-electron chi connectivity index (χ1n) is 7.75. The van der Waals surface area contributed by atoms with Gasteiger partial charge in [0.2, 0.25) is 10.0 Å². The third-order valence-corrected chi connectivity index (χ3v) is 6.53. The van der Waals surface area contributed by atoms with Gasteiger partial charge in [0.15, 0.2) is 6.23 Å². The average molecular weight is 325 g/mol. The highest BCUT2D eigenvalue weighted by atomic mass is 32.2. The molecule has 0 saturated carbocycles. The molecule has 22 heavy (non-hydrogen) atoms. The van der Waals surface area contributed by atoms with Crippen LogP contribution in [-0.4, -0.2) is 44.8 Å². The summed E-state index contributed by atoms with van der Waals surface area (Å²) in [7, 11) is -2.01. The first-order valence-corrected chi connectivity index (χ1v) is 9.19. The molecule has 2 saturated heterocycles. The second-order valence-corrected chi connectivity index (χ2v) is 8.03. The van der Waals surface area contributed by atoms with Crippen LogP contribution in [0.15, 0.2) is 29.2 Å². The van der Waals surface area contributed by atoms with E-state index in [-0.39, 0.29) is 0 Å². The van der Waals surface area contributed by atoms with Gasteiger partial charge in [0.05, 0.1) is 4.90 Å². The van der Waals surface area contributed by atoms with Crippen molar-refractivity contribution in [1.29, 1.82) is 0 Å². The van der Waals surface area contributed by atoms with E-state index in [1.54, 1.807) is 19.2 Å². The molecule has 5 nitrogen and oxygen atoms in total. The van der Waals surface area contributed by atoms with Gasteiger partial charge in [0, 0.05) is 20.3 Å². The van der Waals surface area contributed by atoms with Crippen molar-refractivity contribution in [1.82, 2.24) is 4.31 Å². The maximum atomic E-state index is 13.0. The van der Waals surface area contributed by atoms with Crippen LogP contribution in [0.5, 0.6) is 0 Å². The number of hydrogen-bond donors (Lipinski definition) is 0. The van der Waals surface area contributed by atoms with Crippen LogP contribution in [0.1, 0.15) is 31.2 Å². The zero-order valence-electron chi connectivity index (χ0n) is 13.1. The van der Waals surface area contributed by atoms with Crippen molar-refractivity contribution in [2.24, 2.45) is 0 Å². The summed E-state index contributed by atoms with van der Waals surface area (Å²) in [6.45, 7) is 3.09. The zero-order valence-corrected chi connectivity index (χ0v) is 13.9. The van der Waals surface area contributed by atoms with E-state index in [1.807, 2.05) is 19.1 Å². The van der Waals surface area contributed by atoms with Gasteiger partial charge in [-0.3, -0.25) is 0 Å². The Hall–Kier alpha value is -0.950. The van der Waals surface area contributed by atoms with Gasteiger partial charge in [-0.1, -0.05) is 17.7 Å². The Labute approximate surface area is 132 Å². The number of piperidine rings is 1. The normalized spacial score (nSPS) is 30.0. The predicted octanol–water partition coefficient (Wildman–Crippen LogP) is 2.30. The van der Waals surface area contributed by atoms with Crippen LogP contribution in [0.25, 0.3) is 0 Å². The molecular formula is C16H23NO4S. The number of sulfonamides is 1. The minimum atomic E-state index is -3.58. The van der Waals surface area contributed by atoms with Gasteiger partial charge in [-0.15, -0.1) is 0 Å². The molecule has 0 aliphatic carbocycles. The fourth-order valence-corrected chi connectivity index (χ4v) is 5.22. The molecule has 3 rings (SSSR count). The second kappa shape index (κ2) is 5.92. The molecule has 122 valence electrons. The number of aryl methyl sites for hydroxylation is 1. The van der Waals surface area contributed by atoms with Gasteiger partial charge < -0.3 is 9.47 Å². The fraction of sp³-hybridized carbons (Fsp3) is 0.625. The first kappa shape index (κ1) is 15.9. The van der Waals surface area contributed by atoms with E-state index in [0.717, 1.165) is 31.2 Å². The van der Waals surface area contributed by atoms with E-state index < -0.39 is 21.9 Å². The number of nitrogens with zero attached hydrogens (tertiary/aromatic N) is 1.